The number of aromatic nitrogens is 1. The summed E-state index contributed by atoms with van der Waals surface area (Å²) in [6.45, 7) is 1.39. The summed E-state index contributed by atoms with van der Waals surface area (Å²) in [6, 6.07) is 6.60. The highest BCUT2D eigenvalue weighted by atomic mass is 35.5. The Kier molecular flexibility index (Phi) is 3.18. The maximum Gasteiger partial charge on any atom is 0.434 e. The van der Waals surface area contributed by atoms with Crippen molar-refractivity contribution in [2.24, 2.45) is 0 Å². The van der Waals surface area contributed by atoms with Crippen LogP contribution in [0, 0.1) is 0 Å². The molecule has 6 heteroatoms. The number of fused-ring (bicyclic) bond motifs is 1. The Bertz CT molecular complexity index is 668. The van der Waals surface area contributed by atoms with E-state index in [0.29, 0.717) is 12.1 Å². The normalized spacial score (nSPS) is 14.4. The molecule has 2 aromatic rings. The predicted molar refractivity (Wildman–Crippen MR) is 70.2 cm³/mol. The zero-order chi connectivity index (χ0) is 14.3. The van der Waals surface area contributed by atoms with Gasteiger partial charge in [0.05, 0.1) is 5.02 Å². The smallest absolute Gasteiger partial charge is 0.309 e. The van der Waals surface area contributed by atoms with E-state index >= 15 is 0 Å². The molecule has 1 aromatic heterocycles. The maximum absolute atomic E-state index is 13.1. The monoisotopic (exact) mass is 298 g/mol. The minimum atomic E-state index is -4.53. The molecule has 0 aliphatic carbocycles. The molecule has 20 heavy (non-hydrogen) atoms. The molecule has 0 unspecified atom stereocenters. The first-order valence-electron chi connectivity index (χ1n) is 6.01. The van der Waals surface area contributed by atoms with Crippen LogP contribution < -0.4 is 5.32 Å². The van der Waals surface area contributed by atoms with Crippen LogP contribution in [0.1, 0.15) is 16.8 Å². The molecule has 1 aliphatic rings. The van der Waals surface area contributed by atoms with E-state index in [1.807, 2.05) is 6.07 Å². The summed E-state index contributed by atoms with van der Waals surface area (Å²) in [5, 5.41) is 3.21. The second-order valence-electron chi connectivity index (χ2n) is 4.60. The second-order valence-corrected chi connectivity index (χ2v) is 5.01. The van der Waals surface area contributed by atoms with Crippen LogP contribution >= 0.6 is 11.6 Å². The molecule has 0 bridgehead atoms. The number of nitrogens with one attached hydrogen (secondary N) is 1. The van der Waals surface area contributed by atoms with Crippen LogP contribution in [-0.4, -0.2) is 4.98 Å². The molecule has 0 spiro atoms. The third-order valence-corrected chi connectivity index (χ3v) is 3.61. The van der Waals surface area contributed by atoms with E-state index < -0.39 is 11.9 Å². The molecule has 0 amide bonds. The molecule has 2 heterocycles. The van der Waals surface area contributed by atoms with E-state index in [2.05, 4.69) is 10.3 Å². The topological polar surface area (TPSA) is 24.9 Å². The molecule has 0 fully saturated rings. The van der Waals surface area contributed by atoms with Gasteiger partial charge in [0, 0.05) is 24.8 Å². The molecule has 0 atom stereocenters. The molecular formula is C14H10ClF3N2. The first-order valence-corrected chi connectivity index (χ1v) is 6.39. The average molecular weight is 299 g/mol. The predicted octanol–water partition coefficient (Wildman–Crippen LogP) is 4.02. The summed E-state index contributed by atoms with van der Waals surface area (Å²) in [4.78, 5) is 3.46. The van der Waals surface area contributed by atoms with Gasteiger partial charge in [0.1, 0.15) is 0 Å². The van der Waals surface area contributed by atoms with E-state index in [0.717, 1.165) is 23.9 Å². The van der Waals surface area contributed by atoms with Crippen molar-refractivity contribution in [2.75, 3.05) is 0 Å². The van der Waals surface area contributed by atoms with Crippen molar-refractivity contribution < 1.29 is 13.2 Å². The lowest BCUT2D eigenvalue weighted by molar-refractivity contribution is -0.140. The minimum Gasteiger partial charge on any atom is -0.309 e. The maximum atomic E-state index is 13.1. The molecule has 0 radical (unpaired) electrons. The first-order chi connectivity index (χ1) is 9.47. The van der Waals surface area contributed by atoms with Crippen molar-refractivity contribution in [3.8, 4) is 11.1 Å². The quantitative estimate of drug-likeness (QED) is 0.860. The highest BCUT2D eigenvalue weighted by Gasteiger charge is 2.36. The van der Waals surface area contributed by atoms with Gasteiger partial charge in [-0.1, -0.05) is 23.7 Å². The van der Waals surface area contributed by atoms with Gasteiger partial charge in [-0.2, -0.15) is 13.2 Å². The van der Waals surface area contributed by atoms with Crippen molar-refractivity contribution in [1.82, 2.24) is 10.3 Å². The number of alkyl halides is 3. The van der Waals surface area contributed by atoms with Crippen molar-refractivity contribution in [1.29, 1.82) is 0 Å². The molecule has 0 saturated carbocycles. The molecule has 1 aliphatic heterocycles. The number of hydrogen-bond donors (Lipinski definition) is 1. The van der Waals surface area contributed by atoms with Crippen molar-refractivity contribution >= 4 is 11.6 Å². The number of benzene rings is 1. The van der Waals surface area contributed by atoms with Crippen LogP contribution in [0.3, 0.4) is 0 Å². The molecule has 0 saturated heterocycles. The SMILES string of the molecule is FC(F)(F)c1nccc(Cl)c1-c1ccc2c(c1)CNC2. The van der Waals surface area contributed by atoms with Crippen LogP contribution in [0.2, 0.25) is 5.02 Å². The Labute approximate surface area is 118 Å². The van der Waals surface area contributed by atoms with Crippen LogP contribution in [0.25, 0.3) is 11.1 Å². The zero-order valence-electron chi connectivity index (χ0n) is 10.3. The lowest BCUT2D eigenvalue weighted by Gasteiger charge is -2.14. The van der Waals surface area contributed by atoms with Gasteiger partial charge in [-0.15, -0.1) is 0 Å². The Balaban J connectivity index is 2.19. The largest absolute Gasteiger partial charge is 0.434 e. The average Bonchev–Trinajstić information content (AvgIpc) is 2.84. The molecular weight excluding hydrogens is 289 g/mol. The summed E-state index contributed by atoms with van der Waals surface area (Å²) in [5.74, 6) is 0. The third-order valence-electron chi connectivity index (χ3n) is 3.29. The molecule has 1 N–H and O–H groups in total. The van der Waals surface area contributed by atoms with Crippen LogP contribution in [0.5, 0.6) is 0 Å². The second kappa shape index (κ2) is 4.75. The standard InChI is InChI=1S/C14H10ClF3N2/c15-11-3-4-20-13(14(16,17)18)12(11)8-1-2-9-6-19-7-10(9)5-8/h1-5,19H,6-7H2. The summed E-state index contributed by atoms with van der Waals surface area (Å²) in [7, 11) is 0. The molecule has 1 aromatic carbocycles. The molecule has 2 nitrogen and oxygen atoms in total. The fraction of sp³-hybridized carbons (Fsp3) is 0.214. The van der Waals surface area contributed by atoms with Gasteiger partial charge in [-0.05, 0) is 28.8 Å². The summed E-state index contributed by atoms with van der Waals surface area (Å²) in [6.07, 6.45) is -3.46. The van der Waals surface area contributed by atoms with Crippen LogP contribution in [0.4, 0.5) is 13.2 Å². The van der Waals surface area contributed by atoms with E-state index in [9.17, 15) is 13.2 Å². The van der Waals surface area contributed by atoms with Gasteiger partial charge >= 0.3 is 6.18 Å². The molecule has 104 valence electrons. The first kappa shape index (κ1) is 13.4. The highest BCUT2D eigenvalue weighted by molar-refractivity contribution is 6.33. The zero-order valence-corrected chi connectivity index (χ0v) is 11.0. The number of halogens is 4. The van der Waals surface area contributed by atoms with Gasteiger partial charge in [-0.25, -0.2) is 0 Å². The lowest BCUT2D eigenvalue weighted by atomic mass is 9.99. The number of pyridine rings is 1. The fourth-order valence-corrected chi connectivity index (χ4v) is 2.63. The summed E-state index contributed by atoms with van der Waals surface area (Å²) < 4.78 is 39.2. The van der Waals surface area contributed by atoms with Gasteiger partial charge in [0.2, 0.25) is 0 Å². The fourth-order valence-electron chi connectivity index (χ4n) is 2.38. The van der Waals surface area contributed by atoms with Crippen LogP contribution in [0.15, 0.2) is 30.5 Å². The number of nitrogens with zero attached hydrogens (tertiary/aromatic N) is 1. The van der Waals surface area contributed by atoms with E-state index in [1.54, 1.807) is 12.1 Å². The van der Waals surface area contributed by atoms with E-state index in [-0.39, 0.29) is 10.6 Å². The van der Waals surface area contributed by atoms with E-state index in [1.165, 1.54) is 6.07 Å². The highest BCUT2D eigenvalue weighted by Crippen LogP contribution is 2.40. The van der Waals surface area contributed by atoms with Crippen molar-refractivity contribution in [3.05, 3.63) is 52.3 Å². The minimum absolute atomic E-state index is 0.0539. The van der Waals surface area contributed by atoms with Gasteiger partial charge in [0.15, 0.2) is 5.69 Å². The Hall–Kier alpha value is -1.59. The van der Waals surface area contributed by atoms with Gasteiger partial charge in [0.25, 0.3) is 0 Å². The third kappa shape index (κ3) is 2.27. The number of hydrogen-bond acceptors (Lipinski definition) is 2. The summed E-state index contributed by atoms with van der Waals surface area (Å²) >= 11 is 5.97. The van der Waals surface area contributed by atoms with E-state index in [4.69, 9.17) is 11.6 Å². The van der Waals surface area contributed by atoms with Gasteiger partial charge < -0.3 is 5.32 Å². The van der Waals surface area contributed by atoms with Crippen LogP contribution in [-0.2, 0) is 19.3 Å². The Morgan fingerprint density at radius 1 is 1.10 bits per heavy atom. The Morgan fingerprint density at radius 3 is 2.60 bits per heavy atom. The van der Waals surface area contributed by atoms with Crippen molar-refractivity contribution in [2.45, 2.75) is 19.3 Å². The summed E-state index contributed by atoms with van der Waals surface area (Å²) in [5.41, 5.74) is 1.53. The molecule has 3 rings (SSSR count). The number of rotatable bonds is 1. The Morgan fingerprint density at radius 2 is 1.85 bits per heavy atom. The van der Waals surface area contributed by atoms with Gasteiger partial charge in [-0.3, -0.25) is 4.98 Å². The van der Waals surface area contributed by atoms with Crippen molar-refractivity contribution in [3.63, 3.8) is 0 Å². The lowest BCUT2D eigenvalue weighted by Crippen LogP contribution is -2.10.